The number of ether oxygens (including phenoxy) is 1. The van der Waals surface area contributed by atoms with Crippen molar-refractivity contribution in [2.75, 3.05) is 6.61 Å². The first kappa shape index (κ1) is 23.4. The third kappa shape index (κ3) is 8.67. The van der Waals surface area contributed by atoms with Gasteiger partial charge >= 0.3 is 178 Å². The van der Waals surface area contributed by atoms with E-state index in [1.165, 1.54) is 55.8 Å². The van der Waals surface area contributed by atoms with Crippen LogP contribution in [0.1, 0.15) is 90.4 Å². The summed E-state index contributed by atoms with van der Waals surface area (Å²) < 4.78 is 6.45. The Labute approximate surface area is 177 Å². The Bertz CT molecular complexity index is 546. The molecule has 0 bridgehead atoms. The van der Waals surface area contributed by atoms with Gasteiger partial charge in [-0.1, -0.05) is 0 Å². The molecule has 2 atom stereocenters. The molecule has 0 radical (unpaired) electrons. The van der Waals surface area contributed by atoms with E-state index in [9.17, 15) is 9.90 Å². The molecule has 4 heteroatoms. The number of hydrogen-bond acceptors (Lipinski definition) is 3. The van der Waals surface area contributed by atoms with E-state index in [1.807, 2.05) is 18.2 Å². The summed E-state index contributed by atoms with van der Waals surface area (Å²) in [6.07, 6.45) is 14.3. The monoisotopic (exact) mass is 454 g/mol. The predicted octanol–water partition coefficient (Wildman–Crippen LogP) is 5.18. The fourth-order valence-electron chi connectivity index (χ4n) is 4.01. The van der Waals surface area contributed by atoms with Crippen LogP contribution in [0.4, 0.5) is 0 Å². The zero-order chi connectivity index (χ0) is 20.1. The van der Waals surface area contributed by atoms with E-state index in [-0.39, 0.29) is 20.9 Å². The molecule has 0 aromatic heterocycles. The number of carbonyl (C=O) groups is 1. The third-order valence-electron chi connectivity index (χ3n) is 5.51. The Morgan fingerprint density at radius 1 is 0.929 bits per heavy atom. The van der Waals surface area contributed by atoms with Crippen LogP contribution in [0.15, 0.2) is 30.3 Å². The van der Waals surface area contributed by atoms with Crippen LogP contribution < -0.4 is 4.46 Å². The van der Waals surface area contributed by atoms with Gasteiger partial charge in [0.25, 0.3) is 0 Å². The van der Waals surface area contributed by atoms with E-state index < -0.39 is 10.4 Å². The Morgan fingerprint density at radius 2 is 1.46 bits per heavy atom. The minimum absolute atomic E-state index is 0.0478. The Morgan fingerprint density at radius 3 is 2.04 bits per heavy atom. The normalized spacial score (nSPS) is 25.0. The maximum atomic E-state index is 13.3. The Balaban J connectivity index is 2.12. The predicted molar refractivity (Wildman–Crippen MR) is 117 cm³/mol. The average molecular weight is 454 g/mol. The van der Waals surface area contributed by atoms with Crippen LogP contribution in [0.3, 0.4) is 0 Å². The van der Waals surface area contributed by atoms with Crippen LogP contribution in [-0.4, -0.2) is 38.7 Å². The topological polar surface area (TPSA) is 46.5 Å². The summed E-state index contributed by atoms with van der Waals surface area (Å²) in [7, 11) is 0. The van der Waals surface area contributed by atoms with Crippen molar-refractivity contribution >= 4 is 25.4 Å². The summed E-state index contributed by atoms with van der Waals surface area (Å²) in [5.41, 5.74) is 0. The first-order valence-electron chi connectivity index (χ1n) is 11.2. The van der Waals surface area contributed by atoms with Crippen LogP contribution in [0.25, 0.3) is 0 Å². The van der Waals surface area contributed by atoms with Crippen molar-refractivity contribution in [3.05, 3.63) is 30.3 Å². The SMILES string of the molecule is C[C@H](O)CC1([Se]c2ccccc2)CCCCCCCCCCCCCOC1=O. The van der Waals surface area contributed by atoms with Crippen LogP contribution in [0.2, 0.25) is 4.31 Å². The van der Waals surface area contributed by atoms with Crippen molar-refractivity contribution in [3.63, 3.8) is 0 Å². The number of rotatable bonds is 4. The van der Waals surface area contributed by atoms with Gasteiger partial charge in [0, 0.05) is 0 Å². The number of aliphatic hydroxyl groups excluding tert-OH is 1. The van der Waals surface area contributed by atoms with Gasteiger partial charge in [0.2, 0.25) is 0 Å². The molecule has 1 aliphatic rings. The van der Waals surface area contributed by atoms with Gasteiger partial charge in [-0.05, 0) is 0 Å². The van der Waals surface area contributed by atoms with Crippen LogP contribution in [-0.2, 0) is 9.53 Å². The van der Waals surface area contributed by atoms with E-state index in [0.29, 0.717) is 13.0 Å². The van der Waals surface area contributed by atoms with Gasteiger partial charge in [-0.2, -0.15) is 0 Å². The van der Waals surface area contributed by atoms with Crippen molar-refractivity contribution in [1.82, 2.24) is 0 Å². The van der Waals surface area contributed by atoms with E-state index >= 15 is 0 Å². The number of cyclic esters (lactones) is 1. The number of esters is 1. The fraction of sp³-hybridized carbons (Fsp3) is 0.708. The molecule has 0 spiro atoms. The number of carbonyl (C=O) groups excluding carboxylic acids is 1. The first-order chi connectivity index (χ1) is 13.6. The summed E-state index contributed by atoms with van der Waals surface area (Å²) in [6, 6.07) is 10.3. The summed E-state index contributed by atoms with van der Waals surface area (Å²) in [5, 5.41) is 10.2. The molecule has 0 aliphatic carbocycles. The molecule has 2 rings (SSSR count). The van der Waals surface area contributed by atoms with E-state index in [0.717, 1.165) is 25.7 Å². The fourth-order valence-corrected chi connectivity index (χ4v) is 7.07. The third-order valence-corrected chi connectivity index (χ3v) is 8.52. The molecule has 1 fully saturated rings. The summed E-state index contributed by atoms with van der Waals surface area (Å²) >= 11 is -0.0478. The molecule has 0 amide bonds. The number of benzene rings is 1. The Hall–Kier alpha value is -0.831. The molecule has 1 aromatic carbocycles. The molecular formula is C24H38O3Se. The molecule has 3 nitrogen and oxygen atoms in total. The number of hydrogen-bond donors (Lipinski definition) is 1. The maximum absolute atomic E-state index is 13.3. The van der Waals surface area contributed by atoms with Gasteiger partial charge in [-0.15, -0.1) is 0 Å². The first-order valence-corrected chi connectivity index (χ1v) is 12.9. The van der Waals surface area contributed by atoms with Gasteiger partial charge in [0.05, 0.1) is 0 Å². The molecule has 1 heterocycles. The van der Waals surface area contributed by atoms with Gasteiger partial charge in [-0.3, -0.25) is 0 Å². The second kappa shape index (κ2) is 13.4. The second-order valence-electron chi connectivity index (χ2n) is 8.24. The van der Waals surface area contributed by atoms with Crippen molar-refractivity contribution in [2.24, 2.45) is 0 Å². The van der Waals surface area contributed by atoms with Crippen LogP contribution in [0.5, 0.6) is 0 Å². The van der Waals surface area contributed by atoms with Gasteiger partial charge in [-0.25, -0.2) is 0 Å². The standard InChI is InChI=1S/C24H38O3Se/c1-21(25)20-24(28-22-16-12-11-13-17-22)18-14-9-7-5-3-2-4-6-8-10-15-19-27-23(24)26/h11-13,16-17,21,25H,2-10,14-15,18-20H2,1H3/t21-,24?/m0/s1. The van der Waals surface area contributed by atoms with Gasteiger partial charge in [0.1, 0.15) is 0 Å². The molecule has 1 aromatic rings. The van der Waals surface area contributed by atoms with Crippen LogP contribution in [0, 0.1) is 0 Å². The van der Waals surface area contributed by atoms with E-state index in [1.54, 1.807) is 6.92 Å². The molecule has 158 valence electrons. The van der Waals surface area contributed by atoms with Gasteiger partial charge < -0.3 is 0 Å². The van der Waals surface area contributed by atoms with E-state index in [4.69, 9.17) is 4.74 Å². The second-order valence-corrected chi connectivity index (χ2v) is 11.3. The van der Waals surface area contributed by atoms with Crippen molar-refractivity contribution in [2.45, 2.75) is 101 Å². The summed E-state index contributed by atoms with van der Waals surface area (Å²) in [6.45, 7) is 2.32. The molecule has 1 aliphatic heterocycles. The molecule has 28 heavy (non-hydrogen) atoms. The van der Waals surface area contributed by atoms with Crippen molar-refractivity contribution in [1.29, 1.82) is 0 Å². The van der Waals surface area contributed by atoms with Crippen molar-refractivity contribution in [3.8, 4) is 0 Å². The quantitative estimate of drug-likeness (QED) is 0.505. The van der Waals surface area contributed by atoms with Crippen molar-refractivity contribution < 1.29 is 14.6 Å². The summed E-state index contributed by atoms with van der Waals surface area (Å²) in [5.74, 6) is -0.0793. The molecule has 1 N–H and O–H groups in total. The van der Waals surface area contributed by atoms with Gasteiger partial charge in [0.15, 0.2) is 0 Å². The molecule has 1 saturated heterocycles. The molecule has 1 unspecified atom stereocenters. The Kier molecular flexibility index (Phi) is 11.2. The zero-order valence-corrected chi connectivity index (χ0v) is 19.2. The summed E-state index contributed by atoms with van der Waals surface area (Å²) in [4.78, 5) is 13.3. The average Bonchev–Trinajstić information content (AvgIpc) is 2.67. The van der Waals surface area contributed by atoms with Crippen LogP contribution >= 0.6 is 0 Å². The number of aliphatic hydroxyl groups is 1. The minimum atomic E-state index is -0.556. The van der Waals surface area contributed by atoms with E-state index in [2.05, 4.69) is 12.1 Å². The molecule has 0 saturated carbocycles. The molecular weight excluding hydrogens is 415 g/mol. The zero-order valence-electron chi connectivity index (χ0n) is 17.5.